The summed E-state index contributed by atoms with van der Waals surface area (Å²) in [6, 6.07) is 0. The van der Waals surface area contributed by atoms with Crippen molar-refractivity contribution in [2.45, 2.75) is 54.8 Å². The molecule has 64 heavy (non-hydrogen) atoms. The standard InChI is InChI=1S/C12H22O11.K.8H2O4S/c13-1-4-6(16)8(18)9(19)11(21-4)23-12(3-15)10(20)7(17)5(2-14)22-12;;8*1-5(2,3)4/h4-11,13-20H,1-3H2;;8*(H2,1,2,3,4)/t4-,5-,6-,7-,8+,9-,10+,11-,12+;;;;;;;;;/m1........./s1. The molecule has 2 aliphatic rings. The maximum atomic E-state index is 10.00. The third-order valence-electron chi connectivity index (χ3n) is 4.07. The zero-order valence-electron chi connectivity index (χ0n) is 30.0. The maximum Gasteiger partial charge on any atom is 0.394 e. The average Bonchev–Trinajstić information content (AvgIpc) is 3.15. The van der Waals surface area contributed by atoms with Gasteiger partial charge in [-0.15, -0.1) is 0 Å². The number of ether oxygens (including phenoxy) is 3. The van der Waals surface area contributed by atoms with Crippen molar-refractivity contribution in [2.24, 2.45) is 0 Å². The van der Waals surface area contributed by atoms with Crippen LogP contribution in [0.1, 0.15) is 0 Å². The third kappa shape index (κ3) is 88.8. The van der Waals surface area contributed by atoms with E-state index < -0.39 is 158 Å². The Morgan fingerprint density at radius 2 is 0.594 bits per heavy atom. The van der Waals surface area contributed by atoms with E-state index in [0.29, 0.717) is 0 Å². The fourth-order valence-electron chi connectivity index (χ4n) is 2.63. The molecule has 2 saturated heterocycles. The van der Waals surface area contributed by atoms with Crippen molar-refractivity contribution >= 4 is 135 Å². The van der Waals surface area contributed by atoms with E-state index in [-0.39, 0.29) is 51.4 Å². The van der Waals surface area contributed by atoms with E-state index in [1.807, 2.05) is 0 Å². The normalized spacial score (nSPS) is 25.6. The molecule has 52 heteroatoms. The van der Waals surface area contributed by atoms with E-state index in [1.54, 1.807) is 0 Å². The predicted octanol–water partition coefficient (Wildman–Crippen LogP) is -11.0. The smallest absolute Gasteiger partial charge is 0.394 e. The molecule has 24 N–H and O–H groups in total. The van der Waals surface area contributed by atoms with Gasteiger partial charge in [0.1, 0.15) is 49.3 Å². The molecule has 0 amide bonds. The second-order valence-electron chi connectivity index (χ2n) is 9.14. The maximum absolute atomic E-state index is 10.00. The van der Waals surface area contributed by atoms with Crippen LogP contribution < -0.4 is 0 Å². The Labute approximate surface area is 400 Å². The van der Waals surface area contributed by atoms with Gasteiger partial charge in [-0.1, -0.05) is 0 Å². The van der Waals surface area contributed by atoms with Gasteiger partial charge >= 0.3 is 83.2 Å². The second kappa shape index (κ2) is 34.5. The first-order chi connectivity index (χ1) is 26.8. The molecule has 0 spiro atoms. The van der Waals surface area contributed by atoms with Crippen LogP contribution in [0.15, 0.2) is 0 Å². The first-order valence-corrected chi connectivity index (χ1v) is 23.8. The van der Waals surface area contributed by atoms with Gasteiger partial charge in [-0.3, -0.25) is 72.8 Å². The number of aliphatic hydroxyl groups excluding tert-OH is 8. The molecule has 0 aliphatic carbocycles. The number of hydrogen-bond acceptors (Lipinski definition) is 27. The Kier molecular flexibility index (Phi) is 43.7. The summed E-state index contributed by atoms with van der Waals surface area (Å²) in [4.78, 5) is 0. The largest absolute Gasteiger partial charge is 0.394 e. The summed E-state index contributed by atoms with van der Waals surface area (Å²) in [5.74, 6) is -2.22. The first-order valence-electron chi connectivity index (χ1n) is 12.6. The molecule has 2 fully saturated rings. The Balaban J connectivity index is -0.000000105. The minimum Gasteiger partial charge on any atom is -0.394 e. The molecule has 2 heterocycles. The Morgan fingerprint density at radius 1 is 0.375 bits per heavy atom. The summed E-state index contributed by atoms with van der Waals surface area (Å²) in [6.45, 7) is -2.32. The SMILES string of the molecule is O=S(=O)(O)O.O=S(=O)(O)O.O=S(=O)(O)O.O=S(=O)(O)O.O=S(=O)(O)O.O=S(=O)(O)O.O=S(=O)(O)O.O=S(=O)(O)O.OC[C@H]1O[C@@](CO)(O[C@H]2O[C@H](CO)[C@@H](O)[C@H](O)[C@H]2O)[C@@H](O)[C@@H]1O.[K]. The van der Waals surface area contributed by atoms with Crippen molar-refractivity contribution in [1.29, 1.82) is 0 Å². The van der Waals surface area contributed by atoms with Crippen LogP contribution >= 0.6 is 0 Å². The van der Waals surface area contributed by atoms with Gasteiger partial charge in [0.25, 0.3) is 0 Å². The molecule has 0 aromatic heterocycles. The fraction of sp³-hybridized carbons (Fsp3) is 1.00. The molecule has 393 valence electrons. The first kappa shape index (κ1) is 81.1. The van der Waals surface area contributed by atoms with E-state index in [1.165, 1.54) is 0 Å². The van der Waals surface area contributed by atoms with Crippen LogP contribution in [0.5, 0.6) is 0 Å². The molecule has 1 radical (unpaired) electrons. The van der Waals surface area contributed by atoms with E-state index in [0.717, 1.165) is 0 Å². The summed E-state index contributed by atoms with van der Waals surface area (Å²) < 4.78 is 268. The summed E-state index contributed by atoms with van der Waals surface area (Å²) in [7, 11) is -37.3. The van der Waals surface area contributed by atoms with Crippen molar-refractivity contribution in [3.63, 3.8) is 0 Å². The quantitative estimate of drug-likeness (QED) is 0.0898. The zero-order chi connectivity index (χ0) is 53.4. The van der Waals surface area contributed by atoms with Gasteiger partial charge in [0.05, 0.1) is 13.2 Å². The van der Waals surface area contributed by atoms with Gasteiger partial charge in [0.15, 0.2) is 6.29 Å². The summed E-state index contributed by atoms with van der Waals surface area (Å²) >= 11 is 0. The van der Waals surface area contributed by atoms with Crippen LogP contribution in [-0.2, 0) is 97.4 Å². The van der Waals surface area contributed by atoms with E-state index >= 15 is 0 Å². The summed E-state index contributed by atoms with van der Waals surface area (Å²) in [6.07, 6.45) is -12.7. The molecule has 0 aromatic rings. The summed E-state index contributed by atoms with van der Waals surface area (Å²) in [5.41, 5.74) is 0. The molecule has 0 saturated carbocycles. The van der Waals surface area contributed by atoms with Gasteiger partial charge in [0, 0.05) is 51.4 Å². The fourth-order valence-corrected chi connectivity index (χ4v) is 2.63. The van der Waals surface area contributed by atoms with Crippen molar-refractivity contribution in [3.05, 3.63) is 0 Å². The number of aliphatic hydroxyl groups is 8. The van der Waals surface area contributed by atoms with Gasteiger partial charge < -0.3 is 55.1 Å². The van der Waals surface area contributed by atoms with Gasteiger partial charge in [0.2, 0.25) is 5.79 Å². The third-order valence-corrected chi connectivity index (χ3v) is 4.07. The monoisotopic (exact) mass is 1160 g/mol. The average molecular weight is 1170 g/mol. The van der Waals surface area contributed by atoms with Gasteiger partial charge in [-0.2, -0.15) is 67.3 Å². The van der Waals surface area contributed by atoms with Crippen molar-refractivity contribution in [1.82, 2.24) is 0 Å². The van der Waals surface area contributed by atoms with Crippen LogP contribution in [-0.4, -0.2) is 307 Å². The summed E-state index contributed by atoms with van der Waals surface area (Å²) in [5, 5.41) is 76.7. The topological polar surface area (TPSA) is 786 Å². The zero-order valence-corrected chi connectivity index (χ0v) is 39.7. The van der Waals surface area contributed by atoms with E-state index in [9.17, 15) is 30.6 Å². The molecule has 2 aliphatic heterocycles. The molecule has 0 unspecified atom stereocenters. The molecule has 43 nitrogen and oxygen atoms in total. The van der Waals surface area contributed by atoms with Gasteiger partial charge in [-0.25, -0.2) is 0 Å². The van der Waals surface area contributed by atoms with Gasteiger partial charge in [-0.05, 0) is 0 Å². The molecule has 9 atom stereocenters. The van der Waals surface area contributed by atoms with Crippen LogP contribution in [0, 0.1) is 0 Å². The molecular formula is C12H38KO43S8. The number of hydrogen-bond donors (Lipinski definition) is 24. The minimum atomic E-state index is -4.67. The van der Waals surface area contributed by atoms with Crippen LogP contribution in [0.3, 0.4) is 0 Å². The van der Waals surface area contributed by atoms with Crippen molar-refractivity contribution in [3.8, 4) is 0 Å². The van der Waals surface area contributed by atoms with Crippen LogP contribution in [0.2, 0.25) is 0 Å². The predicted molar refractivity (Wildman–Crippen MR) is 188 cm³/mol. The Hall–Kier alpha value is 0.156. The van der Waals surface area contributed by atoms with Crippen LogP contribution in [0.25, 0.3) is 0 Å². The molecule has 2 rings (SSSR count). The van der Waals surface area contributed by atoms with Crippen LogP contribution in [0.4, 0.5) is 0 Å². The molecular weight excluding hydrogens is 1130 g/mol. The second-order valence-corrected chi connectivity index (χ2v) is 16.3. The minimum absolute atomic E-state index is 0. The Bertz CT molecular complexity index is 1720. The molecule has 0 bridgehead atoms. The Morgan fingerprint density at radius 3 is 0.766 bits per heavy atom. The van der Waals surface area contributed by atoms with E-state index in [2.05, 4.69) is 0 Å². The number of rotatable bonds is 5. The van der Waals surface area contributed by atoms with E-state index in [4.69, 9.17) is 165 Å². The van der Waals surface area contributed by atoms with Crippen molar-refractivity contribution in [2.75, 3.05) is 19.8 Å². The van der Waals surface area contributed by atoms with Crippen molar-refractivity contribution < 1.29 is 195 Å². The molecule has 0 aromatic carbocycles.